The first-order chi connectivity index (χ1) is 7.00. The van der Waals surface area contributed by atoms with Crippen LogP contribution >= 0.6 is 0 Å². The molecule has 5 nitrogen and oxygen atoms in total. The molecule has 0 aliphatic rings. The zero-order valence-electron chi connectivity index (χ0n) is 7.64. The number of Topliss-reactive ketones (excluding diaryl/α,β-unsaturated/α-hetero) is 1. The number of carbonyl (C=O) groups excluding carboxylic acids is 1. The van der Waals surface area contributed by atoms with E-state index in [1.807, 2.05) is 0 Å². The molecule has 0 aliphatic carbocycles. The Bertz CT molecular complexity index is 404. The highest BCUT2D eigenvalue weighted by Crippen LogP contribution is 2.07. The number of hydrogen-bond donors (Lipinski definition) is 2. The highest BCUT2D eigenvalue weighted by molar-refractivity contribution is 6.05. The van der Waals surface area contributed by atoms with Gasteiger partial charge in [-0.1, -0.05) is 12.1 Å². The number of carboxylic acid groups (broad SMARTS) is 2. The van der Waals surface area contributed by atoms with Gasteiger partial charge in [-0.05, 0) is 12.1 Å². The Morgan fingerprint density at radius 2 is 1.40 bits per heavy atom. The first-order valence-electron chi connectivity index (χ1n) is 4.09. The van der Waals surface area contributed by atoms with Crippen LogP contribution in [0, 0.1) is 0 Å². The van der Waals surface area contributed by atoms with E-state index in [1.54, 1.807) is 0 Å². The molecule has 0 heterocycles. The van der Waals surface area contributed by atoms with E-state index in [1.165, 1.54) is 24.3 Å². The Labute approximate surface area is 85.0 Å². The van der Waals surface area contributed by atoms with E-state index in [2.05, 4.69) is 0 Å². The summed E-state index contributed by atoms with van der Waals surface area (Å²) in [6.45, 7) is 0. The third kappa shape index (κ3) is 2.91. The predicted octanol–water partition coefficient (Wildman–Crippen LogP) is 1.04. The summed E-state index contributed by atoms with van der Waals surface area (Å²) in [6, 6.07) is 5.12. The first kappa shape index (κ1) is 10.9. The lowest BCUT2D eigenvalue weighted by molar-refractivity contribution is -0.135. The van der Waals surface area contributed by atoms with Gasteiger partial charge in [0.2, 0.25) is 0 Å². The average molecular weight is 208 g/mol. The van der Waals surface area contributed by atoms with E-state index in [0.717, 1.165) is 0 Å². The van der Waals surface area contributed by atoms with Crippen molar-refractivity contribution < 1.29 is 24.6 Å². The summed E-state index contributed by atoms with van der Waals surface area (Å²) >= 11 is 0. The molecular weight excluding hydrogens is 200 g/mol. The van der Waals surface area contributed by atoms with Crippen molar-refractivity contribution in [3.05, 3.63) is 35.4 Å². The second-order valence-corrected chi connectivity index (χ2v) is 2.88. The predicted molar refractivity (Wildman–Crippen MR) is 50.0 cm³/mol. The fourth-order valence-corrected chi connectivity index (χ4v) is 1.04. The van der Waals surface area contributed by atoms with Gasteiger partial charge in [0.05, 0.1) is 5.56 Å². The van der Waals surface area contributed by atoms with Crippen molar-refractivity contribution in [2.75, 3.05) is 0 Å². The normalized spacial score (nSPS) is 9.60. The summed E-state index contributed by atoms with van der Waals surface area (Å²) in [5, 5.41) is 17.0. The highest BCUT2D eigenvalue weighted by atomic mass is 16.4. The SMILES string of the molecule is O=C(O)CC(=O)c1ccc(C(=O)O)cc1. The van der Waals surface area contributed by atoms with Crippen LogP contribution in [0.5, 0.6) is 0 Å². The smallest absolute Gasteiger partial charge is 0.335 e. The molecule has 0 radical (unpaired) electrons. The van der Waals surface area contributed by atoms with Crippen LogP contribution in [0.25, 0.3) is 0 Å². The molecule has 2 N–H and O–H groups in total. The number of carbonyl (C=O) groups is 3. The molecule has 0 aromatic heterocycles. The quantitative estimate of drug-likeness (QED) is 0.569. The van der Waals surface area contributed by atoms with Gasteiger partial charge < -0.3 is 10.2 Å². The lowest BCUT2D eigenvalue weighted by Gasteiger charge is -1.98. The molecule has 0 fully saturated rings. The monoisotopic (exact) mass is 208 g/mol. The summed E-state index contributed by atoms with van der Waals surface area (Å²) in [4.78, 5) is 31.9. The minimum Gasteiger partial charge on any atom is -0.481 e. The zero-order valence-corrected chi connectivity index (χ0v) is 7.64. The molecule has 1 rings (SSSR count). The van der Waals surface area contributed by atoms with Crippen molar-refractivity contribution in [2.45, 2.75) is 6.42 Å². The molecule has 5 heteroatoms. The lowest BCUT2D eigenvalue weighted by atomic mass is 10.1. The Balaban J connectivity index is 2.84. The van der Waals surface area contributed by atoms with Crippen LogP contribution in [0.4, 0.5) is 0 Å². The number of benzene rings is 1. The molecule has 78 valence electrons. The number of aromatic carboxylic acids is 1. The summed E-state index contributed by atoms with van der Waals surface area (Å²) in [7, 11) is 0. The van der Waals surface area contributed by atoms with E-state index >= 15 is 0 Å². The van der Waals surface area contributed by atoms with E-state index in [-0.39, 0.29) is 11.1 Å². The number of aliphatic carboxylic acids is 1. The van der Waals surface area contributed by atoms with Gasteiger partial charge in [-0.15, -0.1) is 0 Å². The van der Waals surface area contributed by atoms with Crippen molar-refractivity contribution in [1.29, 1.82) is 0 Å². The minimum absolute atomic E-state index is 0.0573. The second-order valence-electron chi connectivity index (χ2n) is 2.88. The molecule has 1 aromatic carbocycles. The van der Waals surface area contributed by atoms with Gasteiger partial charge in [0.25, 0.3) is 0 Å². The maximum Gasteiger partial charge on any atom is 0.335 e. The van der Waals surface area contributed by atoms with E-state index in [9.17, 15) is 14.4 Å². The van der Waals surface area contributed by atoms with Crippen molar-refractivity contribution >= 4 is 17.7 Å². The summed E-state index contributed by atoms with van der Waals surface area (Å²) in [5.74, 6) is -2.84. The highest BCUT2D eigenvalue weighted by Gasteiger charge is 2.11. The first-order valence-corrected chi connectivity index (χ1v) is 4.09. The second kappa shape index (κ2) is 4.36. The van der Waals surface area contributed by atoms with E-state index in [4.69, 9.17) is 10.2 Å². The summed E-state index contributed by atoms with van der Waals surface area (Å²) in [6.07, 6.45) is -0.591. The average Bonchev–Trinajstić information content (AvgIpc) is 2.17. The van der Waals surface area contributed by atoms with Gasteiger partial charge in [0, 0.05) is 5.56 Å². The van der Waals surface area contributed by atoms with Gasteiger partial charge in [-0.3, -0.25) is 9.59 Å². The fourth-order valence-electron chi connectivity index (χ4n) is 1.04. The standard InChI is InChI=1S/C10H8O5/c11-8(5-9(12)13)6-1-3-7(4-2-6)10(14)15/h1-4H,5H2,(H,12,13)(H,14,15). The molecular formula is C10H8O5. The molecule has 0 spiro atoms. The Hall–Kier alpha value is -2.17. The summed E-state index contributed by atoms with van der Waals surface area (Å²) in [5.41, 5.74) is 0.254. The minimum atomic E-state index is -1.21. The maximum atomic E-state index is 11.2. The van der Waals surface area contributed by atoms with Gasteiger partial charge in [-0.2, -0.15) is 0 Å². The van der Waals surface area contributed by atoms with Crippen LogP contribution in [0.15, 0.2) is 24.3 Å². The molecule has 0 bridgehead atoms. The Kier molecular flexibility index (Phi) is 3.17. The molecule has 1 aromatic rings. The van der Waals surface area contributed by atoms with Gasteiger partial charge in [-0.25, -0.2) is 4.79 Å². The van der Waals surface area contributed by atoms with Crippen LogP contribution in [0.1, 0.15) is 27.1 Å². The Morgan fingerprint density at radius 1 is 0.933 bits per heavy atom. The van der Waals surface area contributed by atoms with E-state index in [0.29, 0.717) is 0 Å². The van der Waals surface area contributed by atoms with E-state index < -0.39 is 24.1 Å². The number of ketones is 1. The molecule has 0 aliphatic heterocycles. The number of hydrogen-bond acceptors (Lipinski definition) is 3. The fraction of sp³-hybridized carbons (Fsp3) is 0.100. The van der Waals surface area contributed by atoms with Crippen molar-refractivity contribution in [2.24, 2.45) is 0 Å². The molecule has 0 unspecified atom stereocenters. The van der Waals surface area contributed by atoms with Crippen LogP contribution in [0.2, 0.25) is 0 Å². The maximum absolute atomic E-state index is 11.2. The van der Waals surface area contributed by atoms with Crippen molar-refractivity contribution in [3.8, 4) is 0 Å². The topological polar surface area (TPSA) is 91.7 Å². The van der Waals surface area contributed by atoms with Crippen LogP contribution in [0.3, 0.4) is 0 Å². The molecule has 0 amide bonds. The lowest BCUT2D eigenvalue weighted by Crippen LogP contribution is -2.07. The van der Waals surface area contributed by atoms with Crippen molar-refractivity contribution in [1.82, 2.24) is 0 Å². The molecule has 0 saturated carbocycles. The Morgan fingerprint density at radius 3 is 1.80 bits per heavy atom. The third-order valence-electron chi connectivity index (χ3n) is 1.77. The number of rotatable bonds is 4. The van der Waals surface area contributed by atoms with Gasteiger partial charge in [0.15, 0.2) is 5.78 Å². The summed E-state index contributed by atoms with van der Waals surface area (Å²) < 4.78 is 0. The molecule has 15 heavy (non-hydrogen) atoms. The van der Waals surface area contributed by atoms with Crippen LogP contribution in [-0.2, 0) is 4.79 Å². The van der Waals surface area contributed by atoms with Crippen LogP contribution in [-0.4, -0.2) is 27.9 Å². The van der Waals surface area contributed by atoms with Gasteiger partial charge >= 0.3 is 11.9 Å². The van der Waals surface area contributed by atoms with Gasteiger partial charge in [0.1, 0.15) is 6.42 Å². The zero-order chi connectivity index (χ0) is 11.4. The molecule has 0 saturated heterocycles. The number of carboxylic acids is 2. The third-order valence-corrected chi connectivity index (χ3v) is 1.77. The largest absolute Gasteiger partial charge is 0.481 e. The molecule has 0 atom stereocenters. The van der Waals surface area contributed by atoms with Crippen LogP contribution < -0.4 is 0 Å². The van der Waals surface area contributed by atoms with Crippen molar-refractivity contribution in [3.63, 3.8) is 0 Å².